The number of aryl methyl sites for hydroxylation is 1. The van der Waals surface area contributed by atoms with E-state index in [0.29, 0.717) is 0 Å². The molecule has 1 nitrogen and oxygen atoms in total. The molecule has 0 aromatic heterocycles. The maximum Gasteiger partial charge on any atom is 0.0432 e. The molecular weight excluding hydrogens is 218 g/mol. The van der Waals surface area contributed by atoms with Crippen LogP contribution in [0.25, 0.3) is 0 Å². The third-order valence-electron chi connectivity index (χ3n) is 2.96. The molecule has 2 rings (SSSR count). The monoisotopic (exact) mass is 237 g/mol. The number of hydrogen-bond acceptors (Lipinski definition) is 1. The lowest BCUT2D eigenvalue weighted by Crippen LogP contribution is -2.22. The highest BCUT2D eigenvalue weighted by molar-refractivity contribution is 5.48. The van der Waals surface area contributed by atoms with Crippen LogP contribution in [0.3, 0.4) is 0 Å². The lowest BCUT2D eigenvalue weighted by atomic mass is 10.1. The summed E-state index contributed by atoms with van der Waals surface area (Å²) in [4.78, 5) is 2.32. The second kappa shape index (κ2) is 6.06. The Morgan fingerprint density at radius 1 is 1.00 bits per heavy atom. The van der Waals surface area contributed by atoms with Crippen LogP contribution in [0.5, 0.6) is 0 Å². The van der Waals surface area contributed by atoms with Crippen LogP contribution >= 0.6 is 0 Å². The van der Waals surface area contributed by atoms with Crippen LogP contribution < -0.4 is 4.90 Å². The fourth-order valence-electron chi connectivity index (χ4n) is 1.98. The molecule has 0 fully saturated rings. The first-order chi connectivity index (χ1) is 8.79. The summed E-state index contributed by atoms with van der Waals surface area (Å²) in [5, 5.41) is 0. The Morgan fingerprint density at radius 3 is 2.28 bits per heavy atom. The van der Waals surface area contributed by atoms with Gasteiger partial charge in [0.05, 0.1) is 0 Å². The molecule has 92 valence electrons. The van der Waals surface area contributed by atoms with E-state index in [-0.39, 0.29) is 0 Å². The van der Waals surface area contributed by atoms with Gasteiger partial charge in [0.2, 0.25) is 0 Å². The molecule has 0 bridgehead atoms. The van der Waals surface area contributed by atoms with Gasteiger partial charge in [-0.05, 0) is 24.6 Å². The first-order valence-corrected chi connectivity index (χ1v) is 6.26. The van der Waals surface area contributed by atoms with Gasteiger partial charge >= 0.3 is 0 Å². The van der Waals surface area contributed by atoms with E-state index in [1.807, 2.05) is 12.1 Å². The maximum absolute atomic E-state index is 3.84. The second-order valence-corrected chi connectivity index (χ2v) is 4.49. The zero-order valence-electron chi connectivity index (χ0n) is 10.8. The molecule has 0 radical (unpaired) electrons. The van der Waals surface area contributed by atoms with E-state index in [4.69, 9.17) is 0 Å². The minimum atomic E-state index is 0.859. The zero-order valence-corrected chi connectivity index (χ0v) is 10.8. The first kappa shape index (κ1) is 12.4. The predicted molar refractivity (Wildman–Crippen MR) is 78.9 cm³/mol. The van der Waals surface area contributed by atoms with E-state index in [1.165, 1.54) is 16.8 Å². The summed E-state index contributed by atoms with van der Waals surface area (Å²) in [6.45, 7) is 7.73. The van der Waals surface area contributed by atoms with E-state index < -0.39 is 0 Å². The van der Waals surface area contributed by atoms with Crippen molar-refractivity contribution in [1.29, 1.82) is 0 Å². The molecular formula is C17H19N. The van der Waals surface area contributed by atoms with E-state index in [0.717, 1.165) is 13.1 Å². The second-order valence-electron chi connectivity index (χ2n) is 4.49. The van der Waals surface area contributed by atoms with Crippen LogP contribution in [-0.2, 0) is 6.54 Å². The van der Waals surface area contributed by atoms with Crippen LogP contribution in [0.15, 0.2) is 67.3 Å². The number of nitrogens with zero attached hydrogens (tertiary/aromatic N) is 1. The van der Waals surface area contributed by atoms with Crippen LogP contribution in [0, 0.1) is 6.92 Å². The van der Waals surface area contributed by atoms with Crippen molar-refractivity contribution in [3.05, 3.63) is 78.4 Å². The van der Waals surface area contributed by atoms with E-state index in [1.54, 1.807) is 0 Å². The van der Waals surface area contributed by atoms with Gasteiger partial charge in [-0.1, -0.05) is 54.1 Å². The molecule has 1 heteroatoms. The SMILES string of the molecule is C=CCN(Cc1ccccc1)c1ccc(C)cc1. The molecule has 2 aromatic carbocycles. The highest BCUT2D eigenvalue weighted by Crippen LogP contribution is 2.17. The summed E-state index contributed by atoms with van der Waals surface area (Å²) in [5.74, 6) is 0. The number of hydrogen-bond donors (Lipinski definition) is 0. The largest absolute Gasteiger partial charge is 0.363 e. The zero-order chi connectivity index (χ0) is 12.8. The van der Waals surface area contributed by atoms with Crippen molar-refractivity contribution < 1.29 is 0 Å². The molecule has 0 amide bonds. The maximum atomic E-state index is 3.84. The molecule has 18 heavy (non-hydrogen) atoms. The van der Waals surface area contributed by atoms with Gasteiger partial charge in [-0.15, -0.1) is 6.58 Å². The Morgan fingerprint density at radius 2 is 1.67 bits per heavy atom. The Kier molecular flexibility index (Phi) is 4.19. The van der Waals surface area contributed by atoms with Crippen molar-refractivity contribution in [2.45, 2.75) is 13.5 Å². The van der Waals surface area contributed by atoms with Crippen LogP contribution in [0.4, 0.5) is 5.69 Å². The standard InChI is InChI=1S/C17H19N/c1-3-13-18(14-16-7-5-4-6-8-16)17-11-9-15(2)10-12-17/h3-12H,1,13-14H2,2H3. The average molecular weight is 237 g/mol. The Labute approximate surface area is 109 Å². The molecule has 2 aromatic rings. The van der Waals surface area contributed by atoms with Crippen LogP contribution in [-0.4, -0.2) is 6.54 Å². The van der Waals surface area contributed by atoms with Gasteiger partial charge in [-0.2, -0.15) is 0 Å². The smallest absolute Gasteiger partial charge is 0.0432 e. The van der Waals surface area contributed by atoms with Crippen molar-refractivity contribution in [1.82, 2.24) is 0 Å². The number of anilines is 1. The molecule has 0 N–H and O–H groups in total. The summed E-state index contributed by atoms with van der Waals surface area (Å²) < 4.78 is 0. The molecule has 0 unspecified atom stereocenters. The van der Waals surface area contributed by atoms with Gasteiger partial charge < -0.3 is 4.90 Å². The Hall–Kier alpha value is -2.02. The number of rotatable bonds is 5. The summed E-state index contributed by atoms with van der Waals surface area (Å²) >= 11 is 0. The molecule has 0 heterocycles. The van der Waals surface area contributed by atoms with Gasteiger partial charge in [-0.25, -0.2) is 0 Å². The summed E-state index contributed by atoms with van der Waals surface area (Å²) in [6.07, 6.45) is 1.95. The van der Waals surface area contributed by atoms with Crippen molar-refractivity contribution in [2.24, 2.45) is 0 Å². The van der Waals surface area contributed by atoms with Crippen molar-refractivity contribution in [3.63, 3.8) is 0 Å². The molecule has 0 saturated heterocycles. The number of benzene rings is 2. The molecule has 0 aliphatic rings. The predicted octanol–water partition coefficient (Wildman–Crippen LogP) is 4.19. The topological polar surface area (TPSA) is 3.24 Å². The summed E-state index contributed by atoms with van der Waals surface area (Å²) in [5.41, 5.74) is 3.85. The van der Waals surface area contributed by atoms with Crippen molar-refractivity contribution in [2.75, 3.05) is 11.4 Å². The summed E-state index contributed by atoms with van der Waals surface area (Å²) in [6, 6.07) is 19.2. The third-order valence-corrected chi connectivity index (χ3v) is 2.96. The van der Waals surface area contributed by atoms with Gasteiger partial charge in [0.15, 0.2) is 0 Å². The van der Waals surface area contributed by atoms with Gasteiger partial charge in [0, 0.05) is 18.8 Å². The molecule has 0 aliphatic carbocycles. The lowest BCUT2D eigenvalue weighted by molar-refractivity contribution is 0.868. The third kappa shape index (κ3) is 3.24. The van der Waals surface area contributed by atoms with Crippen molar-refractivity contribution >= 4 is 5.69 Å². The Bertz CT molecular complexity index is 485. The normalized spacial score (nSPS) is 10.1. The molecule has 0 spiro atoms. The van der Waals surface area contributed by atoms with Crippen LogP contribution in [0.2, 0.25) is 0 Å². The van der Waals surface area contributed by atoms with Gasteiger partial charge in [0.1, 0.15) is 0 Å². The fraction of sp³-hybridized carbons (Fsp3) is 0.176. The van der Waals surface area contributed by atoms with Gasteiger partial charge in [-0.3, -0.25) is 0 Å². The quantitative estimate of drug-likeness (QED) is 0.705. The highest BCUT2D eigenvalue weighted by atomic mass is 15.1. The first-order valence-electron chi connectivity index (χ1n) is 6.26. The molecule has 0 aliphatic heterocycles. The minimum absolute atomic E-state index is 0.859. The highest BCUT2D eigenvalue weighted by Gasteiger charge is 2.05. The van der Waals surface area contributed by atoms with E-state index >= 15 is 0 Å². The van der Waals surface area contributed by atoms with Crippen molar-refractivity contribution in [3.8, 4) is 0 Å². The average Bonchev–Trinajstić information content (AvgIpc) is 2.40. The fourth-order valence-corrected chi connectivity index (χ4v) is 1.98. The van der Waals surface area contributed by atoms with Crippen LogP contribution in [0.1, 0.15) is 11.1 Å². The Balaban J connectivity index is 2.18. The summed E-state index contributed by atoms with van der Waals surface area (Å²) in [7, 11) is 0. The molecule has 0 saturated carbocycles. The van der Waals surface area contributed by atoms with Gasteiger partial charge in [0.25, 0.3) is 0 Å². The minimum Gasteiger partial charge on any atom is -0.363 e. The molecule has 0 atom stereocenters. The lowest BCUT2D eigenvalue weighted by Gasteiger charge is -2.23. The van der Waals surface area contributed by atoms with E-state index in [2.05, 4.69) is 66.9 Å². The van der Waals surface area contributed by atoms with E-state index in [9.17, 15) is 0 Å².